The lowest BCUT2D eigenvalue weighted by Gasteiger charge is -2.29. The molecule has 3 aromatic rings. The van der Waals surface area contributed by atoms with Crippen molar-refractivity contribution in [3.63, 3.8) is 0 Å². The highest BCUT2D eigenvalue weighted by molar-refractivity contribution is 5.98. The fourth-order valence-corrected chi connectivity index (χ4v) is 3.83. The number of amides is 1. The molecular weight excluding hydrogens is 382 g/mol. The maximum Gasteiger partial charge on any atom is 0.254 e. The SMILES string of the molecule is Cn1c(=O)ccc2cc(Nc3nc(N[C@@H]4CCCC[C@@H]4N)ncc3C(N)=O)ccc21. The molecular formula is C21H25N7O2. The molecule has 9 heteroatoms. The number of carbonyl (C=O) groups is 1. The van der Waals surface area contributed by atoms with Crippen molar-refractivity contribution in [3.8, 4) is 0 Å². The highest BCUT2D eigenvalue weighted by atomic mass is 16.1. The zero-order valence-corrected chi connectivity index (χ0v) is 16.8. The van der Waals surface area contributed by atoms with Crippen molar-refractivity contribution >= 4 is 34.3 Å². The predicted octanol–water partition coefficient (Wildman–Crippen LogP) is 1.85. The Morgan fingerprint density at radius 3 is 2.77 bits per heavy atom. The maximum atomic E-state index is 11.9. The molecule has 0 spiro atoms. The Morgan fingerprint density at radius 2 is 2.00 bits per heavy atom. The van der Waals surface area contributed by atoms with Crippen LogP contribution >= 0.6 is 0 Å². The zero-order valence-electron chi connectivity index (χ0n) is 16.8. The van der Waals surface area contributed by atoms with E-state index in [1.54, 1.807) is 17.7 Å². The average Bonchev–Trinajstić information content (AvgIpc) is 2.72. The van der Waals surface area contributed by atoms with E-state index >= 15 is 0 Å². The summed E-state index contributed by atoms with van der Waals surface area (Å²) in [5.41, 5.74) is 13.4. The monoisotopic (exact) mass is 407 g/mol. The molecule has 1 amide bonds. The Hall–Kier alpha value is -3.46. The van der Waals surface area contributed by atoms with Crippen LogP contribution in [0.3, 0.4) is 0 Å². The molecule has 4 rings (SSSR count). The molecule has 30 heavy (non-hydrogen) atoms. The second-order valence-electron chi connectivity index (χ2n) is 7.65. The van der Waals surface area contributed by atoms with Gasteiger partial charge in [0.25, 0.3) is 11.5 Å². The number of aryl methyl sites for hydroxylation is 1. The Kier molecular flexibility index (Phi) is 5.37. The van der Waals surface area contributed by atoms with Gasteiger partial charge >= 0.3 is 0 Å². The van der Waals surface area contributed by atoms with E-state index in [4.69, 9.17) is 11.5 Å². The number of fused-ring (bicyclic) bond motifs is 1. The lowest BCUT2D eigenvalue weighted by Crippen LogP contribution is -2.43. The van der Waals surface area contributed by atoms with Gasteiger partial charge in [0, 0.05) is 42.5 Å². The highest BCUT2D eigenvalue weighted by Crippen LogP contribution is 2.25. The molecule has 1 aliphatic rings. The summed E-state index contributed by atoms with van der Waals surface area (Å²) in [6.07, 6.45) is 5.56. The van der Waals surface area contributed by atoms with Gasteiger partial charge in [0.2, 0.25) is 5.95 Å². The second-order valence-corrected chi connectivity index (χ2v) is 7.65. The Labute approximate surface area is 173 Å². The number of nitrogens with one attached hydrogen (secondary N) is 2. The fraction of sp³-hybridized carbons (Fsp3) is 0.333. The molecule has 0 aliphatic heterocycles. The number of anilines is 3. The molecule has 1 aliphatic carbocycles. The van der Waals surface area contributed by atoms with Gasteiger partial charge in [-0.05, 0) is 37.1 Å². The third-order valence-electron chi connectivity index (χ3n) is 5.58. The third kappa shape index (κ3) is 3.97. The van der Waals surface area contributed by atoms with Crippen molar-refractivity contribution in [2.24, 2.45) is 18.5 Å². The highest BCUT2D eigenvalue weighted by Gasteiger charge is 2.23. The first-order valence-electron chi connectivity index (χ1n) is 9.98. The van der Waals surface area contributed by atoms with E-state index in [-0.39, 0.29) is 23.2 Å². The number of hydrogen-bond donors (Lipinski definition) is 4. The van der Waals surface area contributed by atoms with Crippen molar-refractivity contribution in [1.82, 2.24) is 14.5 Å². The smallest absolute Gasteiger partial charge is 0.254 e. The predicted molar refractivity (Wildman–Crippen MR) is 117 cm³/mol. The van der Waals surface area contributed by atoms with Crippen LogP contribution in [0.2, 0.25) is 0 Å². The molecule has 0 bridgehead atoms. The van der Waals surface area contributed by atoms with Gasteiger partial charge < -0.3 is 26.7 Å². The zero-order chi connectivity index (χ0) is 21.3. The summed E-state index contributed by atoms with van der Waals surface area (Å²) in [4.78, 5) is 32.4. The summed E-state index contributed by atoms with van der Waals surface area (Å²) in [6.45, 7) is 0. The first-order chi connectivity index (χ1) is 14.4. The van der Waals surface area contributed by atoms with Crippen LogP contribution in [-0.4, -0.2) is 32.5 Å². The van der Waals surface area contributed by atoms with Crippen LogP contribution in [0.5, 0.6) is 0 Å². The third-order valence-corrected chi connectivity index (χ3v) is 5.58. The summed E-state index contributed by atoms with van der Waals surface area (Å²) in [5.74, 6) is 0.0863. The molecule has 0 unspecified atom stereocenters. The van der Waals surface area contributed by atoms with Crippen LogP contribution in [0.15, 0.2) is 41.3 Å². The van der Waals surface area contributed by atoms with Crippen LogP contribution < -0.4 is 27.7 Å². The minimum atomic E-state index is -0.624. The van der Waals surface area contributed by atoms with E-state index in [0.29, 0.717) is 17.5 Å². The standard InChI is InChI=1S/C21H25N7O2/c1-28-17-8-7-13(10-12(17)6-9-18(28)29)25-20-14(19(23)30)11-24-21(27-20)26-16-5-3-2-4-15(16)22/h6-11,15-16H,2-5,22H2,1H3,(H2,23,30)(H2,24,25,26,27)/t15-,16+/m0/s1. The summed E-state index contributed by atoms with van der Waals surface area (Å²) >= 11 is 0. The van der Waals surface area contributed by atoms with E-state index in [1.165, 1.54) is 12.3 Å². The largest absolute Gasteiger partial charge is 0.365 e. The van der Waals surface area contributed by atoms with Gasteiger partial charge in [-0.3, -0.25) is 9.59 Å². The van der Waals surface area contributed by atoms with Gasteiger partial charge in [0.15, 0.2) is 0 Å². The van der Waals surface area contributed by atoms with Crippen molar-refractivity contribution in [2.45, 2.75) is 37.8 Å². The van der Waals surface area contributed by atoms with Crippen molar-refractivity contribution < 1.29 is 4.79 Å². The number of nitrogens with two attached hydrogens (primary N) is 2. The molecule has 0 saturated heterocycles. The topological polar surface area (TPSA) is 141 Å². The normalized spacial score (nSPS) is 18.9. The van der Waals surface area contributed by atoms with Gasteiger partial charge in [-0.25, -0.2) is 4.98 Å². The molecule has 156 valence electrons. The quantitative estimate of drug-likeness (QED) is 0.506. The Bertz CT molecular complexity index is 1160. The number of aromatic nitrogens is 3. The molecule has 6 N–H and O–H groups in total. The van der Waals surface area contributed by atoms with Gasteiger partial charge in [0.1, 0.15) is 11.4 Å². The molecule has 1 saturated carbocycles. The van der Waals surface area contributed by atoms with E-state index in [9.17, 15) is 9.59 Å². The minimum Gasteiger partial charge on any atom is -0.365 e. The molecule has 1 aromatic carbocycles. The molecule has 2 heterocycles. The van der Waals surface area contributed by atoms with Crippen LogP contribution in [0, 0.1) is 0 Å². The Balaban J connectivity index is 1.65. The number of rotatable bonds is 5. The number of hydrogen-bond acceptors (Lipinski definition) is 7. The van der Waals surface area contributed by atoms with E-state index in [1.807, 2.05) is 18.2 Å². The summed E-state index contributed by atoms with van der Waals surface area (Å²) in [7, 11) is 1.72. The molecule has 1 fully saturated rings. The van der Waals surface area contributed by atoms with Gasteiger partial charge in [-0.2, -0.15) is 4.98 Å². The van der Waals surface area contributed by atoms with Crippen LogP contribution in [0.4, 0.5) is 17.5 Å². The number of carbonyl (C=O) groups excluding carboxylic acids is 1. The van der Waals surface area contributed by atoms with Gasteiger partial charge in [-0.15, -0.1) is 0 Å². The molecule has 2 aromatic heterocycles. The van der Waals surface area contributed by atoms with E-state index < -0.39 is 5.91 Å². The van der Waals surface area contributed by atoms with E-state index in [2.05, 4.69) is 20.6 Å². The van der Waals surface area contributed by atoms with Crippen molar-refractivity contribution in [2.75, 3.05) is 10.6 Å². The molecule has 0 radical (unpaired) electrons. The lowest BCUT2D eigenvalue weighted by molar-refractivity contribution is 0.100. The number of primary amides is 1. The lowest BCUT2D eigenvalue weighted by atomic mass is 9.91. The number of nitrogens with zero attached hydrogens (tertiary/aromatic N) is 3. The fourth-order valence-electron chi connectivity index (χ4n) is 3.83. The first-order valence-corrected chi connectivity index (χ1v) is 9.98. The number of pyridine rings is 1. The van der Waals surface area contributed by atoms with Gasteiger partial charge in [0.05, 0.1) is 5.52 Å². The first kappa shape index (κ1) is 19.8. The van der Waals surface area contributed by atoms with E-state index in [0.717, 1.165) is 36.6 Å². The van der Waals surface area contributed by atoms with Crippen LogP contribution in [-0.2, 0) is 7.05 Å². The maximum absolute atomic E-state index is 11.9. The van der Waals surface area contributed by atoms with Crippen LogP contribution in [0.1, 0.15) is 36.0 Å². The molecule has 9 nitrogen and oxygen atoms in total. The summed E-state index contributed by atoms with van der Waals surface area (Å²) < 4.78 is 1.58. The van der Waals surface area contributed by atoms with Crippen LogP contribution in [0.25, 0.3) is 10.9 Å². The number of benzene rings is 1. The Morgan fingerprint density at radius 1 is 1.20 bits per heavy atom. The average molecular weight is 407 g/mol. The second kappa shape index (κ2) is 8.11. The van der Waals surface area contributed by atoms with Crippen molar-refractivity contribution in [3.05, 3.63) is 52.4 Å². The van der Waals surface area contributed by atoms with Gasteiger partial charge in [-0.1, -0.05) is 12.8 Å². The molecule has 2 atom stereocenters. The summed E-state index contributed by atoms with van der Waals surface area (Å²) in [6, 6.07) is 8.94. The van der Waals surface area contributed by atoms with Crippen molar-refractivity contribution in [1.29, 1.82) is 0 Å². The summed E-state index contributed by atoms with van der Waals surface area (Å²) in [5, 5.41) is 7.33. The minimum absolute atomic E-state index is 0.0432.